The van der Waals surface area contributed by atoms with Gasteiger partial charge in [0.25, 0.3) is 0 Å². The van der Waals surface area contributed by atoms with E-state index in [2.05, 4.69) is 36.3 Å². The third kappa shape index (κ3) is 5.04. The van der Waals surface area contributed by atoms with Gasteiger partial charge < -0.3 is 15.2 Å². The topological polar surface area (TPSA) is 67.3 Å². The molecule has 5 nitrogen and oxygen atoms in total. The predicted octanol–water partition coefficient (Wildman–Crippen LogP) is 2.03. The van der Waals surface area contributed by atoms with Crippen molar-refractivity contribution in [3.63, 3.8) is 0 Å². The zero-order valence-electron chi connectivity index (χ0n) is 11.8. The minimum Gasteiger partial charge on any atom is -0.389 e. The highest BCUT2D eigenvalue weighted by molar-refractivity contribution is 7.15. The summed E-state index contributed by atoms with van der Waals surface area (Å²) in [6.07, 6.45) is 2.05. The molecule has 1 aliphatic carbocycles. The molecule has 1 aliphatic rings. The third-order valence-corrected chi connectivity index (χ3v) is 4.22. The Labute approximate surface area is 118 Å². The first-order valence-electron chi connectivity index (χ1n) is 6.79. The van der Waals surface area contributed by atoms with E-state index in [1.807, 2.05) is 0 Å². The first kappa shape index (κ1) is 14.7. The van der Waals surface area contributed by atoms with E-state index in [1.165, 1.54) is 24.2 Å². The van der Waals surface area contributed by atoms with Crippen molar-refractivity contribution in [2.75, 3.05) is 25.1 Å². The van der Waals surface area contributed by atoms with Gasteiger partial charge in [-0.3, -0.25) is 0 Å². The van der Waals surface area contributed by atoms with Crippen molar-refractivity contribution in [3.05, 3.63) is 5.01 Å². The van der Waals surface area contributed by atoms with E-state index < -0.39 is 6.10 Å². The average molecular weight is 285 g/mol. The number of nitrogens with zero attached hydrogens (tertiary/aromatic N) is 2. The highest BCUT2D eigenvalue weighted by atomic mass is 32.1. The third-order valence-electron chi connectivity index (χ3n) is 2.92. The van der Waals surface area contributed by atoms with Crippen LogP contribution in [-0.2, 0) is 10.2 Å². The molecule has 2 rings (SSSR count). The second kappa shape index (κ2) is 6.15. The van der Waals surface area contributed by atoms with Gasteiger partial charge in [0.15, 0.2) is 0 Å². The molecule has 19 heavy (non-hydrogen) atoms. The summed E-state index contributed by atoms with van der Waals surface area (Å²) in [5.41, 5.74) is 0.0174. The fourth-order valence-electron chi connectivity index (χ4n) is 1.52. The first-order chi connectivity index (χ1) is 8.95. The van der Waals surface area contributed by atoms with Crippen LogP contribution in [0.25, 0.3) is 0 Å². The molecule has 0 aromatic carbocycles. The monoisotopic (exact) mass is 285 g/mol. The van der Waals surface area contributed by atoms with Crippen LogP contribution < -0.4 is 5.32 Å². The molecule has 1 heterocycles. The average Bonchev–Trinajstić information content (AvgIpc) is 3.01. The Morgan fingerprint density at radius 2 is 2.16 bits per heavy atom. The Morgan fingerprint density at radius 3 is 2.74 bits per heavy atom. The van der Waals surface area contributed by atoms with E-state index in [-0.39, 0.29) is 5.41 Å². The maximum Gasteiger partial charge on any atom is 0.205 e. The molecule has 2 N–H and O–H groups in total. The van der Waals surface area contributed by atoms with Crippen LogP contribution in [0.2, 0.25) is 0 Å². The predicted molar refractivity (Wildman–Crippen MR) is 76.6 cm³/mol. The van der Waals surface area contributed by atoms with Crippen LogP contribution in [0.15, 0.2) is 0 Å². The minimum atomic E-state index is -0.499. The summed E-state index contributed by atoms with van der Waals surface area (Å²) in [4.78, 5) is 0. The van der Waals surface area contributed by atoms with Crippen LogP contribution in [0.4, 0.5) is 5.13 Å². The van der Waals surface area contributed by atoms with E-state index in [1.54, 1.807) is 0 Å². The Balaban J connectivity index is 1.67. The summed E-state index contributed by atoms with van der Waals surface area (Å²) >= 11 is 1.54. The zero-order valence-corrected chi connectivity index (χ0v) is 12.7. The van der Waals surface area contributed by atoms with Gasteiger partial charge in [-0.1, -0.05) is 32.1 Å². The van der Waals surface area contributed by atoms with Gasteiger partial charge in [0.1, 0.15) is 5.01 Å². The van der Waals surface area contributed by atoms with Crippen LogP contribution in [-0.4, -0.2) is 41.2 Å². The molecule has 0 radical (unpaired) electrons. The molecule has 0 unspecified atom stereocenters. The van der Waals surface area contributed by atoms with Crippen molar-refractivity contribution < 1.29 is 9.84 Å². The van der Waals surface area contributed by atoms with Crippen LogP contribution in [0, 0.1) is 5.92 Å². The largest absolute Gasteiger partial charge is 0.389 e. The number of aromatic nitrogens is 2. The summed E-state index contributed by atoms with van der Waals surface area (Å²) < 4.78 is 5.44. The van der Waals surface area contributed by atoms with Gasteiger partial charge in [-0.05, 0) is 18.8 Å². The van der Waals surface area contributed by atoms with Crippen molar-refractivity contribution in [1.29, 1.82) is 0 Å². The van der Waals surface area contributed by atoms with E-state index >= 15 is 0 Å². The summed E-state index contributed by atoms with van der Waals surface area (Å²) in [5, 5.41) is 22.9. The smallest absolute Gasteiger partial charge is 0.205 e. The maximum atomic E-state index is 9.78. The lowest BCUT2D eigenvalue weighted by atomic mass is 9.98. The molecular formula is C13H23N3O2S. The number of anilines is 1. The van der Waals surface area contributed by atoms with Crippen molar-refractivity contribution in [1.82, 2.24) is 10.2 Å². The van der Waals surface area contributed by atoms with E-state index in [9.17, 15) is 5.11 Å². The number of hydrogen-bond donors (Lipinski definition) is 2. The Morgan fingerprint density at radius 1 is 1.42 bits per heavy atom. The molecule has 1 fully saturated rings. The summed E-state index contributed by atoms with van der Waals surface area (Å²) in [6, 6.07) is 0. The minimum absolute atomic E-state index is 0.0174. The molecule has 0 saturated heterocycles. The molecule has 1 atom stereocenters. The second-order valence-corrected chi connectivity index (χ2v) is 7.16. The summed E-state index contributed by atoms with van der Waals surface area (Å²) in [7, 11) is 0. The van der Waals surface area contributed by atoms with Crippen LogP contribution in [0.5, 0.6) is 0 Å². The Bertz CT molecular complexity index is 399. The zero-order chi connectivity index (χ0) is 13.9. The quantitative estimate of drug-likeness (QED) is 0.802. The van der Waals surface area contributed by atoms with Crippen molar-refractivity contribution in [3.8, 4) is 0 Å². The van der Waals surface area contributed by atoms with Gasteiger partial charge in [-0.2, -0.15) is 0 Å². The van der Waals surface area contributed by atoms with E-state index in [0.717, 1.165) is 22.7 Å². The van der Waals surface area contributed by atoms with Gasteiger partial charge >= 0.3 is 0 Å². The number of hydrogen-bond acceptors (Lipinski definition) is 6. The summed E-state index contributed by atoms with van der Waals surface area (Å²) in [6.45, 7) is 7.94. The lowest BCUT2D eigenvalue weighted by Crippen LogP contribution is -2.25. The van der Waals surface area contributed by atoms with Gasteiger partial charge in [0, 0.05) is 18.6 Å². The number of aliphatic hydroxyl groups is 1. The Hall–Kier alpha value is -0.720. The van der Waals surface area contributed by atoms with Crippen LogP contribution in [0.1, 0.15) is 38.6 Å². The van der Waals surface area contributed by atoms with Crippen LogP contribution in [0.3, 0.4) is 0 Å². The Kier molecular flexibility index (Phi) is 4.76. The number of rotatable bonds is 7. The second-order valence-electron chi connectivity index (χ2n) is 6.18. The van der Waals surface area contributed by atoms with Crippen molar-refractivity contribution >= 4 is 16.5 Å². The first-order valence-corrected chi connectivity index (χ1v) is 7.60. The fraction of sp³-hybridized carbons (Fsp3) is 0.846. The fourth-order valence-corrected chi connectivity index (χ4v) is 2.33. The lowest BCUT2D eigenvalue weighted by Gasteiger charge is -2.12. The molecule has 0 spiro atoms. The molecule has 1 aromatic rings. The van der Waals surface area contributed by atoms with Crippen molar-refractivity contribution in [2.45, 2.75) is 45.1 Å². The molecule has 0 aliphatic heterocycles. The highest BCUT2D eigenvalue weighted by Crippen LogP contribution is 2.29. The summed E-state index contributed by atoms with van der Waals surface area (Å²) in [5.74, 6) is 0.734. The molecule has 0 bridgehead atoms. The highest BCUT2D eigenvalue weighted by Gasteiger charge is 2.22. The molecular weight excluding hydrogens is 262 g/mol. The molecule has 6 heteroatoms. The molecule has 108 valence electrons. The normalized spacial score (nSPS) is 17.5. The number of ether oxygens (including phenoxy) is 1. The number of nitrogens with one attached hydrogen (secondary N) is 1. The SMILES string of the molecule is CC(C)(C)c1nnc(NC[C@@H](O)COCC2CC2)s1. The van der Waals surface area contributed by atoms with Gasteiger partial charge in [0.2, 0.25) is 5.13 Å². The van der Waals surface area contributed by atoms with E-state index in [4.69, 9.17) is 4.74 Å². The molecule has 1 saturated carbocycles. The molecule has 1 aromatic heterocycles. The van der Waals surface area contributed by atoms with Gasteiger partial charge in [-0.15, -0.1) is 10.2 Å². The van der Waals surface area contributed by atoms with Crippen LogP contribution >= 0.6 is 11.3 Å². The van der Waals surface area contributed by atoms with Gasteiger partial charge in [0.05, 0.1) is 12.7 Å². The van der Waals surface area contributed by atoms with Gasteiger partial charge in [-0.25, -0.2) is 0 Å². The van der Waals surface area contributed by atoms with Crippen molar-refractivity contribution in [2.24, 2.45) is 5.92 Å². The van der Waals surface area contributed by atoms with E-state index in [0.29, 0.717) is 13.2 Å². The molecule has 0 amide bonds. The number of aliphatic hydroxyl groups excluding tert-OH is 1. The lowest BCUT2D eigenvalue weighted by molar-refractivity contribution is 0.0386. The standard InChI is InChI=1S/C13H23N3O2S/c1-13(2,3)11-15-16-12(19-11)14-6-10(17)8-18-7-9-4-5-9/h9-10,17H,4-8H2,1-3H3,(H,14,16)/t10-/m1/s1. The maximum absolute atomic E-state index is 9.78.